The zero-order valence-corrected chi connectivity index (χ0v) is 20.7. The molecule has 0 saturated heterocycles. The summed E-state index contributed by atoms with van der Waals surface area (Å²) >= 11 is 0. The number of benzene rings is 1. The third-order valence-corrected chi connectivity index (χ3v) is 4.76. The minimum absolute atomic E-state index is 0.0632. The lowest BCUT2D eigenvalue weighted by molar-refractivity contribution is -0.124. The van der Waals surface area contributed by atoms with Crippen LogP contribution in [-0.4, -0.2) is 42.8 Å². The van der Waals surface area contributed by atoms with E-state index in [-0.39, 0.29) is 24.5 Å². The third-order valence-electron chi connectivity index (χ3n) is 4.76. The second-order valence-corrected chi connectivity index (χ2v) is 9.42. The summed E-state index contributed by atoms with van der Waals surface area (Å²) < 4.78 is 10.4. The van der Waals surface area contributed by atoms with Gasteiger partial charge in [0.05, 0.1) is 0 Å². The van der Waals surface area contributed by atoms with Gasteiger partial charge in [0.25, 0.3) is 0 Å². The van der Waals surface area contributed by atoms with Crippen LogP contribution in [0.4, 0.5) is 9.59 Å². The standard InChI is InChI=1S/C25H41N3O5/c1-19(2)21(28-24(31)32-18-20-14-10-9-11-15-20)22(29)26-16-12-7-6-8-13-17-27-23(30)33-25(3,4)5/h9-11,14-15,19,21H,6-8,12-13,16-18H2,1-5H3,(H,26,29)(H,27,30)(H,28,31)/t21-/m0/s1. The first-order chi connectivity index (χ1) is 15.6. The fourth-order valence-corrected chi connectivity index (χ4v) is 3.03. The van der Waals surface area contributed by atoms with Crippen molar-refractivity contribution in [1.29, 1.82) is 0 Å². The van der Waals surface area contributed by atoms with Gasteiger partial charge in [-0.25, -0.2) is 9.59 Å². The highest BCUT2D eigenvalue weighted by Crippen LogP contribution is 2.08. The lowest BCUT2D eigenvalue weighted by Gasteiger charge is -2.21. The molecule has 0 aromatic heterocycles. The molecular weight excluding hydrogens is 422 g/mol. The van der Waals surface area contributed by atoms with Crippen LogP contribution < -0.4 is 16.0 Å². The van der Waals surface area contributed by atoms with Gasteiger partial charge in [-0.3, -0.25) is 4.79 Å². The lowest BCUT2D eigenvalue weighted by Crippen LogP contribution is -2.50. The van der Waals surface area contributed by atoms with Gasteiger partial charge in [-0.1, -0.05) is 63.4 Å². The molecule has 3 amide bonds. The summed E-state index contributed by atoms with van der Waals surface area (Å²) in [6.07, 6.45) is 3.74. The van der Waals surface area contributed by atoms with Crippen LogP contribution in [0.25, 0.3) is 0 Å². The molecule has 0 saturated carbocycles. The molecule has 8 nitrogen and oxygen atoms in total. The van der Waals surface area contributed by atoms with Crippen molar-refractivity contribution in [2.24, 2.45) is 5.92 Å². The molecule has 0 aliphatic rings. The Morgan fingerprint density at radius 1 is 0.848 bits per heavy atom. The second kappa shape index (κ2) is 15.1. The first-order valence-corrected chi connectivity index (χ1v) is 11.8. The van der Waals surface area contributed by atoms with Crippen LogP contribution in [0.2, 0.25) is 0 Å². The number of unbranched alkanes of at least 4 members (excludes halogenated alkanes) is 4. The summed E-state index contributed by atoms with van der Waals surface area (Å²) in [5.74, 6) is -0.269. The van der Waals surface area contributed by atoms with E-state index in [0.29, 0.717) is 13.1 Å². The van der Waals surface area contributed by atoms with Crippen LogP contribution in [0.15, 0.2) is 30.3 Å². The van der Waals surface area contributed by atoms with Crippen LogP contribution >= 0.6 is 0 Å². The Hall–Kier alpha value is -2.77. The number of ether oxygens (including phenoxy) is 2. The van der Waals surface area contributed by atoms with E-state index in [9.17, 15) is 14.4 Å². The Kier molecular flexibility index (Phi) is 13.0. The van der Waals surface area contributed by atoms with Crippen LogP contribution in [-0.2, 0) is 20.9 Å². The molecule has 3 N–H and O–H groups in total. The van der Waals surface area contributed by atoms with Crippen LogP contribution in [0.5, 0.6) is 0 Å². The fraction of sp³-hybridized carbons (Fsp3) is 0.640. The minimum Gasteiger partial charge on any atom is -0.445 e. The topological polar surface area (TPSA) is 106 Å². The van der Waals surface area contributed by atoms with Crippen molar-refractivity contribution in [2.45, 2.75) is 85.0 Å². The number of hydrogen-bond acceptors (Lipinski definition) is 5. The van der Waals surface area contributed by atoms with Crippen molar-refractivity contribution >= 4 is 18.1 Å². The predicted octanol–water partition coefficient (Wildman–Crippen LogP) is 4.53. The first kappa shape index (κ1) is 28.3. The summed E-state index contributed by atoms with van der Waals surface area (Å²) in [5, 5.41) is 8.32. The molecule has 1 atom stereocenters. The summed E-state index contributed by atoms with van der Waals surface area (Å²) in [7, 11) is 0. The number of alkyl carbamates (subject to hydrolysis) is 2. The van der Waals surface area contributed by atoms with Gasteiger partial charge >= 0.3 is 12.2 Å². The molecule has 0 fully saturated rings. The van der Waals surface area contributed by atoms with Crippen LogP contribution in [0.3, 0.4) is 0 Å². The van der Waals surface area contributed by atoms with E-state index in [0.717, 1.165) is 37.7 Å². The summed E-state index contributed by atoms with van der Waals surface area (Å²) in [6.45, 7) is 10.6. The van der Waals surface area contributed by atoms with E-state index in [1.807, 2.05) is 65.0 Å². The van der Waals surface area contributed by atoms with E-state index in [1.165, 1.54) is 0 Å². The lowest BCUT2D eigenvalue weighted by atomic mass is 10.0. The summed E-state index contributed by atoms with van der Waals surface area (Å²) in [4.78, 5) is 36.2. The van der Waals surface area contributed by atoms with Crippen molar-refractivity contribution in [3.05, 3.63) is 35.9 Å². The smallest absolute Gasteiger partial charge is 0.408 e. The highest BCUT2D eigenvalue weighted by atomic mass is 16.6. The normalized spacial score (nSPS) is 12.1. The van der Waals surface area contributed by atoms with E-state index in [4.69, 9.17) is 9.47 Å². The molecule has 0 aliphatic heterocycles. The maximum Gasteiger partial charge on any atom is 0.408 e. The zero-order chi connectivity index (χ0) is 24.7. The Morgan fingerprint density at radius 3 is 2.00 bits per heavy atom. The van der Waals surface area contributed by atoms with Crippen LogP contribution in [0, 0.1) is 5.92 Å². The maximum absolute atomic E-state index is 12.5. The Labute approximate surface area is 198 Å². The number of amides is 3. The maximum atomic E-state index is 12.5. The van der Waals surface area contributed by atoms with Crippen molar-refractivity contribution in [2.75, 3.05) is 13.1 Å². The van der Waals surface area contributed by atoms with Crippen molar-refractivity contribution in [3.8, 4) is 0 Å². The average molecular weight is 464 g/mol. The van der Waals surface area contributed by atoms with Gasteiger partial charge < -0.3 is 25.4 Å². The van der Waals surface area contributed by atoms with Crippen LogP contribution in [0.1, 0.15) is 72.3 Å². The molecular formula is C25H41N3O5. The van der Waals surface area contributed by atoms with E-state index in [2.05, 4.69) is 16.0 Å². The molecule has 1 aromatic carbocycles. The summed E-state index contributed by atoms with van der Waals surface area (Å²) in [5.41, 5.74) is 0.403. The third kappa shape index (κ3) is 14.1. The Balaban J connectivity index is 2.15. The molecule has 0 heterocycles. The molecule has 0 unspecified atom stereocenters. The van der Waals surface area contributed by atoms with Gasteiger partial charge in [0.1, 0.15) is 18.2 Å². The number of nitrogens with one attached hydrogen (secondary N) is 3. The van der Waals surface area contributed by atoms with Crippen molar-refractivity contribution < 1.29 is 23.9 Å². The van der Waals surface area contributed by atoms with Gasteiger partial charge in [-0.2, -0.15) is 0 Å². The Morgan fingerprint density at radius 2 is 1.42 bits per heavy atom. The van der Waals surface area contributed by atoms with E-state index in [1.54, 1.807) is 0 Å². The first-order valence-electron chi connectivity index (χ1n) is 11.8. The fourth-order valence-electron chi connectivity index (χ4n) is 3.03. The van der Waals surface area contributed by atoms with Gasteiger partial charge in [0, 0.05) is 13.1 Å². The number of rotatable bonds is 13. The largest absolute Gasteiger partial charge is 0.445 e. The Bertz CT molecular complexity index is 717. The molecule has 186 valence electrons. The average Bonchev–Trinajstić information content (AvgIpc) is 2.74. The highest BCUT2D eigenvalue weighted by Gasteiger charge is 2.24. The van der Waals surface area contributed by atoms with Gasteiger partial charge in [0.15, 0.2) is 0 Å². The minimum atomic E-state index is -0.646. The molecule has 0 aliphatic carbocycles. The zero-order valence-electron chi connectivity index (χ0n) is 20.7. The monoisotopic (exact) mass is 463 g/mol. The molecule has 1 aromatic rings. The van der Waals surface area contributed by atoms with E-state index >= 15 is 0 Å². The SMILES string of the molecule is CC(C)[C@H](NC(=O)OCc1ccccc1)C(=O)NCCCCCCCNC(=O)OC(C)(C)C. The van der Waals surface area contributed by atoms with E-state index < -0.39 is 17.7 Å². The van der Waals surface area contributed by atoms with Gasteiger partial charge in [0.2, 0.25) is 5.91 Å². The quantitative estimate of drug-likeness (QED) is 0.373. The second-order valence-electron chi connectivity index (χ2n) is 9.42. The number of carbonyl (C=O) groups excluding carboxylic acids is 3. The molecule has 1 rings (SSSR count). The molecule has 8 heteroatoms. The number of hydrogen-bond donors (Lipinski definition) is 3. The number of carbonyl (C=O) groups is 3. The van der Waals surface area contributed by atoms with Gasteiger partial charge in [-0.15, -0.1) is 0 Å². The van der Waals surface area contributed by atoms with Crippen molar-refractivity contribution in [1.82, 2.24) is 16.0 Å². The highest BCUT2D eigenvalue weighted by molar-refractivity contribution is 5.85. The molecule has 33 heavy (non-hydrogen) atoms. The molecule has 0 radical (unpaired) electrons. The predicted molar refractivity (Wildman–Crippen MR) is 129 cm³/mol. The molecule has 0 spiro atoms. The van der Waals surface area contributed by atoms with Crippen molar-refractivity contribution in [3.63, 3.8) is 0 Å². The molecule has 0 bridgehead atoms. The summed E-state index contributed by atoms with van der Waals surface area (Å²) in [6, 6.07) is 8.75. The van der Waals surface area contributed by atoms with Gasteiger partial charge in [-0.05, 0) is 45.1 Å².